The molecule has 0 saturated heterocycles. The molecule has 3 N–H and O–H groups in total. The number of carbonyl (C=O) groups excluding carboxylic acids is 1. The minimum absolute atomic E-state index is 0. The van der Waals surface area contributed by atoms with Gasteiger partial charge < -0.3 is 15.8 Å². The van der Waals surface area contributed by atoms with E-state index in [-0.39, 0.29) is 12.8 Å². The maximum atomic E-state index is 12.7. The molecule has 0 fully saturated rings. The van der Waals surface area contributed by atoms with Crippen LogP contribution < -0.4 is 15.8 Å². The highest BCUT2D eigenvalue weighted by atomic mass is 16.5. The van der Waals surface area contributed by atoms with Gasteiger partial charge in [-0.1, -0.05) is 6.07 Å². The van der Waals surface area contributed by atoms with Crippen LogP contribution in [0.4, 0.5) is 11.6 Å². The Hall–Kier alpha value is -3.81. The van der Waals surface area contributed by atoms with Gasteiger partial charge in [-0.15, -0.1) is 0 Å². The van der Waals surface area contributed by atoms with Crippen LogP contribution in [0.5, 0.6) is 11.5 Å². The van der Waals surface area contributed by atoms with Crippen molar-refractivity contribution in [2.75, 3.05) is 5.32 Å². The van der Waals surface area contributed by atoms with E-state index in [1.807, 2.05) is 26.0 Å². The van der Waals surface area contributed by atoms with Gasteiger partial charge in [0.15, 0.2) is 5.82 Å². The van der Waals surface area contributed by atoms with Gasteiger partial charge in [-0.3, -0.25) is 9.78 Å². The number of anilines is 1. The molecule has 138 valence electrons. The molecule has 3 heterocycles. The summed E-state index contributed by atoms with van der Waals surface area (Å²) in [6, 6.07) is 8.71. The number of aromatic nitrogens is 3. The molecule has 0 saturated carbocycles. The number of amides is 1. The van der Waals surface area contributed by atoms with Crippen LogP contribution in [0.25, 0.3) is 0 Å². The summed E-state index contributed by atoms with van der Waals surface area (Å²) in [7, 11) is 0. The van der Waals surface area contributed by atoms with E-state index in [2.05, 4.69) is 25.3 Å². The van der Waals surface area contributed by atoms with Gasteiger partial charge in [0.05, 0.1) is 24.3 Å². The first kappa shape index (κ1) is 18.0. The number of nitrogens with two attached hydrogens (primary N) is 1. The molecule has 0 aliphatic rings. The molecule has 3 aromatic rings. The number of ether oxygens (including phenoxy) is 1. The van der Waals surface area contributed by atoms with Crippen LogP contribution in [0.1, 0.15) is 23.0 Å². The molecular formula is C19H20N6O2. The maximum absolute atomic E-state index is 12.7. The molecule has 0 aromatic carbocycles. The van der Waals surface area contributed by atoms with Gasteiger partial charge >= 0.3 is 0 Å². The predicted octanol–water partition coefficient (Wildman–Crippen LogP) is 3.40. The third kappa shape index (κ3) is 4.63. The smallest absolute Gasteiger partial charge is 0.260 e. The standard InChI is InChI=1S/C19H18N6O2.H2/c1-12-6-14(9-21-8-12)27-15-7-16(18(22-10-15)23-11-20)19(26)25-17-5-3-4-13(2)24-17;/h3-11H,1-2H3,(H2,20,22,23)(H,24,25,26);1H. The number of carbonyl (C=O) groups is 1. The van der Waals surface area contributed by atoms with Crippen LogP contribution in [0.15, 0.2) is 53.9 Å². The highest BCUT2D eigenvalue weighted by Crippen LogP contribution is 2.26. The number of nitrogens with one attached hydrogen (secondary N) is 1. The van der Waals surface area contributed by atoms with Crippen molar-refractivity contribution in [1.29, 1.82) is 0 Å². The first-order valence-electron chi connectivity index (χ1n) is 8.14. The Kier molecular flexibility index (Phi) is 5.36. The van der Waals surface area contributed by atoms with Crippen molar-refractivity contribution in [3.05, 3.63) is 65.7 Å². The first-order chi connectivity index (χ1) is 13.0. The first-order valence-corrected chi connectivity index (χ1v) is 8.14. The molecule has 0 bridgehead atoms. The molecule has 0 spiro atoms. The molecule has 8 nitrogen and oxygen atoms in total. The van der Waals surface area contributed by atoms with Crippen molar-refractivity contribution in [2.45, 2.75) is 13.8 Å². The zero-order valence-corrected chi connectivity index (χ0v) is 14.9. The molecule has 0 aliphatic heterocycles. The summed E-state index contributed by atoms with van der Waals surface area (Å²) in [5, 5.41) is 2.73. The summed E-state index contributed by atoms with van der Waals surface area (Å²) in [6.07, 6.45) is 5.84. The lowest BCUT2D eigenvalue weighted by Crippen LogP contribution is -2.14. The van der Waals surface area contributed by atoms with Crippen molar-refractivity contribution in [3.8, 4) is 11.5 Å². The molecule has 3 aromatic heterocycles. The average molecular weight is 364 g/mol. The normalized spacial score (nSPS) is 10.7. The highest BCUT2D eigenvalue weighted by Gasteiger charge is 2.15. The van der Waals surface area contributed by atoms with E-state index in [1.165, 1.54) is 6.20 Å². The fourth-order valence-corrected chi connectivity index (χ4v) is 2.35. The van der Waals surface area contributed by atoms with E-state index in [4.69, 9.17) is 10.5 Å². The molecular weight excluding hydrogens is 344 g/mol. The lowest BCUT2D eigenvalue weighted by Gasteiger charge is -2.10. The number of pyridine rings is 3. The van der Waals surface area contributed by atoms with Crippen molar-refractivity contribution < 1.29 is 11.0 Å². The summed E-state index contributed by atoms with van der Waals surface area (Å²) in [4.78, 5) is 29.1. The Morgan fingerprint density at radius 1 is 1.22 bits per heavy atom. The number of aliphatic imine (C=N–C) groups is 1. The molecule has 0 radical (unpaired) electrons. The summed E-state index contributed by atoms with van der Waals surface area (Å²) in [5.41, 5.74) is 7.31. The van der Waals surface area contributed by atoms with Crippen LogP contribution in [0.3, 0.4) is 0 Å². The van der Waals surface area contributed by atoms with E-state index >= 15 is 0 Å². The molecule has 1 amide bonds. The van der Waals surface area contributed by atoms with Gasteiger partial charge in [-0.2, -0.15) is 0 Å². The zero-order valence-electron chi connectivity index (χ0n) is 14.9. The van der Waals surface area contributed by atoms with Gasteiger partial charge in [-0.25, -0.2) is 15.0 Å². The summed E-state index contributed by atoms with van der Waals surface area (Å²) >= 11 is 0. The second kappa shape index (κ2) is 8.05. The third-order valence-electron chi connectivity index (χ3n) is 3.50. The number of nitrogens with zero attached hydrogens (tertiary/aromatic N) is 4. The van der Waals surface area contributed by atoms with Gasteiger partial charge in [0.25, 0.3) is 5.91 Å². The van der Waals surface area contributed by atoms with Gasteiger partial charge in [0.1, 0.15) is 17.3 Å². The van der Waals surface area contributed by atoms with Crippen LogP contribution >= 0.6 is 0 Å². The summed E-state index contributed by atoms with van der Waals surface area (Å²) in [5.74, 6) is 1.10. The molecule has 8 heteroatoms. The summed E-state index contributed by atoms with van der Waals surface area (Å²) in [6.45, 7) is 3.75. The molecule has 0 aliphatic carbocycles. The minimum Gasteiger partial charge on any atom is -0.454 e. The zero-order chi connectivity index (χ0) is 19.2. The predicted molar refractivity (Wildman–Crippen MR) is 105 cm³/mol. The topological polar surface area (TPSA) is 115 Å². The van der Waals surface area contributed by atoms with Crippen LogP contribution in [0.2, 0.25) is 0 Å². The number of hydrogen-bond acceptors (Lipinski definition) is 6. The van der Waals surface area contributed by atoms with Crippen molar-refractivity contribution in [3.63, 3.8) is 0 Å². The number of rotatable bonds is 5. The average Bonchev–Trinajstić information content (AvgIpc) is 2.63. The molecule has 0 unspecified atom stereocenters. The molecule has 3 rings (SSSR count). The Morgan fingerprint density at radius 3 is 2.78 bits per heavy atom. The molecule has 0 atom stereocenters. The Bertz CT molecular complexity index is 1010. The van der Waals surface area contributed by atoms with E-state index in [1.54, 1.807) is 30.6 Å². The SMILES string of the molecule is Cc1cncc(Oc2cnc(/N=C\N)c(C(=O)Nc3cccc(C)n3)c2)c1.[HH]. The molecule has 27 heavy (non-hydrogen) atoms. The van der Waals surface area contributed by atoms with Crippen molar-refractivity contribution in [2.24, 2.45) is 10.7 Å². The van der Waals surface area contributed by atoms with Crippen LogP contribution in [0, 0.1) is 13.8 Å². The number of hydrogen-bond donors (Lipinski definition) is 2. The Balaban J connectivity index is 0.00000280. The van der Waals surface area contributed by atoms with E-state index in [9.17, 15) is 4.79 Å². The lowest BCUT2D eigenvalue weighted by molar-refractivity contribution is 0.102. The third-order valence-corrected chi connectivity index (χ3v) is 3.50. The van der Waals surface area contributed by atoms with E-state index < -0.39 is 5.91 Å². The second-order valence-electron chi connectivity index (χ2n) is 5.74. The van der Waals surface area contributed by atoms with E-state index in [0.717, 1.165) is 17.6 Å². The van der Waals surface area contributed by atoms with Crippen molar-refractivity contribution >= 4 is 23.9 Å². The largest absolute Gasteiger partial charge is 0.454 e. The van der Waals surface area contributed by atoms with Crippen molar-refractivity contribution in [1.82, 2.24) is 15.0 Å². The quantitative estimate of drug-likeness (QED) is 0.529. The maximum Gasteiger partial charge on any atom is 0.260 e. The Morgan fingerprint density at radius 2 is 2.04 bits per heavy atom. The second-order valence-corrected chi connectivity index (χ2v) is 5.74. The summed E-state index contributed by atoms with van der Waals surface area (Å²) < 4.78 is 5.75. The van der Waals surface area contributed by atoms with E-state index in [0.29, 0.717) is 17.3 Å². The highest BCUT2D eigenvalue weighted by molar-refractivity contribution is 6.07. The van der Waals surface area contributed by atoms with Crippen LogP contribution in [-0.2, 0) is 0 Å². The number of aryl methyl sites for hydroxylation is 2. The monoisotopic (exact) mass is 364 g/mol. The Labute approximate surface area is 157 Å². The lowest BCUT2D eigenvalue weighted by atomic mass is 10.2. The fraction of sp³-hybridized carbons (Fsp3) is 0.105. The van der Waals surface area contributed by atoms with Crippen LogP contribution in [-0.4, -0.2) is 27.2 Å². The minimum atomic E-state index is -0.422. The van der Waals surface area contributed by atoms with Gasteiger partial charge in [0, 0.05) is 13.3 Å². The van der Waals surface area contributed by atoms with Gasteiger partial charge in [0.2, 0.25) is 0 Å². The van der Waals surface area contributed by atoms with Gasteiger partial charge in [-0.05, 0) is 43.7 Å². The fourth-order valence-electron chi connectivity index (χ4n) is 2.35.